The van der Waals surface area contributed by atoms with E-state index in [1.807, 2.05) is 30.3 Å². The van der Waals surface area contributed by atoms with Crippen molar-refractivity contribution in [1.82, 2.24) is 5.32 Å². The van der Waals surface area contributed by atoms with Crippen LogP contribution >= 0.6 is 11.8 Å². The molecule has 1 heterocycles. The Morgan fingerprint density at radius 3 is 2.67 bits per heavy atom. The monoisotopic (exact) mass is 221 g/mol. The fourth-order valence-corrected chi connectivity index (χ4v) is 2.26. The molecule has 0 radical (unpaired) electrons. The summed E-state index contributed by atoms with van der Waals surface area (Å²) in [5, 5.41) is 2.79. The maximum Gasteiger partial charge on any atom is 0.222 e. The zero-order valence-corrected chi connectivity index (χ0v) is 8.92. The first-order valence-electron chi connectivity index (χ1n) is 4.79. The second-order valence-corrected chi connectivity index (χ2v) is 4.59. The van der Waals surface area contributed by atoms with Gasteiger partial charge in [0.2, 0.25) is 5.91 Å². The Labute approximate surface area is 92.2 Å². The molecule has 4 heteroatoms. The van der Waals surface area contributed by atoms with E-state index in [4.69, 9.17) is 0 Å². The number of carbonyl (C=O) groups is 2. The lowest BCUT2D eigenvalue weighted by Crippen LogP contribution is -2.49. The van der Waals surface area contributed by atoms with Crippen molar-refractivity contribution in [2.45, 2.75) is 23.8 Å². The van der Waals surface area contributed by atoms with Crippen molar-refractivity contribution in [2.75, 3.05) is 0 Å². The molecule has 1 fully saturated rings. The van der Waals surface area contributed by atoms with E-state index in [9.17, 15) is 9.59 Å². The Balaban J connectivity index is 1.80. The minimum atomic E-state index is 0.0394. The molecule has 78 valence electrons. The molecule has 15 heavy (non-hydrogen) atoms. The molecule has 1 N–H and O–H groups in total. The van der Waals surface area contributed by atoms with Gasteiger partial charge in [0.1, 0.15) is 0 Å². The second-order valence-electron chi connectivity index (χ2n) is 3.46. The first kappa shape index (κ1) is 10.2. The van der Waals surface area contributed by atoms with E-state index < -0.39 is 0 Å². The summed E-state index contributed by atoms with van der Waals surface area (Å²) < 4.78 is 0. The zero-order valence-electron chi connectivity index (χ0n) is 8.10. The van der Waals surface area contributed by atoms with E-state index in [2.05, 4.69) is 5.32 Å². The van der Waals surface area contributed by atoms with Gasteiger partial charge >= 0.3 is 0 Å². The molecule has 1 aliphatic rings. The van der Waals surface area contributed by atoms with Gasteiger partial charge in [-0.2, -0.15) is 0 Å². The number of rotatable bonds is 3. The van der Waals surface area contributed by atoms with Gasteiger partial charge in [-0.05, 0) is 12.1 Å². The molecule has 0 aliphatic carbocycles. The van der Waals surface area contributed by atoms with Gasteiger partial charge in [-0.25, -0.2) is 0 Å². The molecule has 0 aromatic heterocycles. The Morgan fingerprint density at radius 1 is 1.40 bits per heavy atom. The second kappa shape index (κ2) is 4.49. The van der Waals surface area contributed by atoms with Crippen LogP contribution in [-0.2, 0) is 9.59 Å². The van der Waals surface area contributed by atoms with Crippen LogP contribution in [-0.4, -0.2) is 17.1 Å². The average molecular weight is 221 g/mol. The van der Waals surface area contributed by atoms with Crippen LogP contribution in [0.15, 0.2) is 35.2 Å². The van der Waals surface area contributed by atoms with Crippen molar-refractivity contribution in [2.24, 2.45) is 0 Å². The summed E-state index contributed by atoms with van der Waals surface area (Å²) in [4.78, 5) is 23.1. The molecule has 3 nitrogen and oxygen atoms in total. The number of carbonyl (C=O) groups excluding carboxylic acids is 2. The third kappa shape index (κ3) is 2.83. The molecule has 1 unspecified atom stereocenters. The Bertz CT molecular complexity index is 369. The predicted octanol–water partition coefficient (Wildman–Crippen LogP) is 1.58. The molecule has 0 saturated carbocycles. The van der Waals surface area contributed by atoms with Crippen LogP contribution < -0.4 is 5.32 Å². The number of thioether (sulfide) groups is 1. The van der Waals surface area contributed by atoms with E-state index in [1.54, 1.807) is 0 Å². The van der Waals surface area contributed by atoms with Gasteiger partial charge in [0.05, 0.1) is 0 Å². The topological polar surface area (TPSA) is 46.2 Å². The molecule has 0 bridgehead atoms. The minimum absolute atomic E-state index is 0.0394. The quantitative estimate of drug-likeness (QED) is 0.622. The molecule has 1 saturated heterocycles. The minimum Gasteiger partial charge on any atom is -0.352 e. The fraction of sp³-hybridized carbons (Fsp3) is 0.273. The molecule has 0 spiro atoms. The zero-order chi connectivity index (χ0) is 10.7. The van der Waals surface area contributed by atoms with E-state index >= 15 is 0 Å². The number of hydrogen-bond acceptors (Lipinski definition) is 3. The maximum atomic E-state index is 11.5. The molecule has 1 aromatic carbocycles. The summed E-state index contributed by atoms with van der Waals surface area (Å²) in [6.45, 7) is 0. The highest BCUT2D eigenvalue weighted by atomic mass is 32.2. The lowest BCUT2D eigenvalue weighted by molar-refractivity contribution is -0.128. The van der Waals surface area contributed by atoms with Crippen LogP contribution in [0.25, 0.3) is 0 Å². The summed E-state index contributed by atoms with van der Waals surface area (Å²) in [5.74, 6) is 0.0394. The normalized spacial score (nSPS) is 19.2. The van der Waals surface area contributed by atoms with Crippen LogP contribution in [0.1, 0.15) is 12.8 Å². The van der Waals surface area contributed by atoms with Crippen molar-refractivity contribution >= 4 is 22.8 Å². The lowest BCUT2D eigenvalue weighted by atomic mass is 10.0. The fourth-order valence-electron chi connectivity index (χ4n) is 1.42. The van der Waals surface area contributed by atoms with Crippen LogP contribution in [0, 0.1) is 0 Å². The Kier molecular flexibility index (Phi) is 3.06. The molecule has 1 atom stereocenters. The Hall–Kier alpha value is -1.29. The highest BCUT2D eigenvalue weighted by Gasteiger charge is 2.27. The van der Waals surface area contributed by atoms with Crippen molar-refractivity contribution in [3.05, 3.63) is 30.3 Å². The van der Waals surface area contributed by atoms with E-state index in [0.29, 0.717) is 12.8 Å². The van der Waals surface area contributed by atoms with Gasteiger partial charge in [0.25, 0.3) is 0 Å². The van der Waals surface area contributed by atoms with Crippen LogP contribution in [0.4, 0.5) is 0 Å². The molecule has 1 aliphatic heterocycles. The van der Waals surface area contributed by atoms with E-state index in [0.717, 1.165) is 4.90 Å². The Morgan fingerprint density at radius 2 is 2.07 bits per heavy atom. The number of benzene rings is 1. The summed E-state index contributed by atoms with van der Waals surface area (Å²) >= 11 is 1.23. The first-order chi connectivity index (χ1) is 7.24. The van der Waals surface area contributed by atoms with Gasteiger partial charge in [0, 0.05) is 23.8 Å². The first-order valence-corrected chi connectivity index (χ1v) is 5.61. The molecular formula is C11H11NO2S. The summed E-state index contributed by atoms with van der Waals surface area (Å²) in [5.41, 5.74) is 0. The lowest BCUT2D eigenvalue weighted by Gasteiger charge is -2.25. The third-order valence-corrected chi connectivity index (χ3v) is 3.09. The van der Waals surface area contributed by atoms with Gasteiger partial charge in [-0.15, -0.1) is 0 Å². The van der Waals surface area contributed by atoms with Crippen molar-refractivity contribution in [3.8, 4) is 0 Å². The predicted molar refractivity (Wildman–Crippen MR) is 58.5 cm³/mol. The standard InChI is InChI=1S/C11H11NO2S/c13-10-6-8(12-10)7-11(14)15-9-4-2-1-3-5-9/h1-5,8H,6-7H2,(H,12,13). The van der Waals surface area contributed by atoms with Gasteiger partial charge in [0.15, 0.2) is 5.12 Å². The van der Waals surface area contributed by atoms with Gasteiger partial charge in [-0.1, -0.05) is 30.0 Å². The highest BCUT2D eigenvalue weighted by Crippen LogP contribution is 2.22. The maximum absolute atomic E-state index is 11.5. The van der Waals surface area contributed by atoms with Crippen molar-refractivity contribution in [3.63, 3.8) is 0 Å². The summed E-state index contributed by atoms with van der Waals surface area (Å²) in [6, 6.07) is 9.59. The SMILES string of the molecule is O=C1CC(CC(=O)Sc2ccccc2)N1. The van der Waals surface area contributed by atoms with Gasteiger partial charge < -0.3 is 5.32 Å². The van der Waals surface area contributed by atoms with Crippen molar-refractivity contribution in [1.29, 1.82) is 0 Å². The molecule has 1 aromatic rings. The van der Waals surface area contributed by atoms with Crippen molar-refractivity contribution < 1.29 is 9.59 Å². The number of β-lactam (4-membered cyclic amide) rings is 1. The molecule has 2 rings (SSSR count). The number of amides is 1. The smallest absolute Gasteiger partial charge is 0.222 e. The van der Waals surface area contributed by atoms with Crippen LogP contribution in [0.5, 0.6) is 0 Å². The van der Waals surface area contributed by atoms with E-state index in [1.165, 1.54) is 11.8 Å². The molecule has 1 amide bonds. The number of nitrogens with one attached hydrogen (secondary N) is 1. The van der Waals surface area contributed by atoms with Crippen LogP contribution in [0.3, 0.4) is 0 Å². The number of hydrogen-bond donors (Lipinski definition) is 1. The summed E-state index contributed by atoms with van der Waals surface area (Å²) in [6.07, 6.45) is 0.909. The van der Waals surface area contributed by atoms with Crippen LogP contribution in [0.2, 0.25) is 0 Å². The van der Waals surface area contributed by atoms with E-state index in [-0.39, 0.29) is 17.1 Å². The highest BCUT2D eigenvalue weighted by molar-refractivity contribution is 8.13. The average Bonchev–Trinajstić information content (AvgIpc) is 2.17. The third-order valence-electron chi connectivity index (χ3n) is 2.18. The molecular weight excluding hydrogens is 210 g/mol. The van der Waals surface area contributed by atoms with Gasteiger partial charge in [-0.3, -0.25) is 9.59 Å². The largest absolute Gasteiger partial charge is 0.352 e. The summed E-state index contributed by atoms with van der Waals surface area (Å²) in [7, 11) is 0.